The molecule has 0 spiro atoms. The first kappa shape index (κ1) is 15.7. The number of hydrazine groups is 1. The molecule has 0 heterocycles. The maximum absolute atomic E-state index is 3.37. The molecule has 0 aliphatic rings. The molecule has 0 saturated carbocycles. The maximum Gasteiger partial charge on any atom is 0.0207 e. The van der Waals surface area contributed by atoms with Crippen LogP contribution in [-0.2, 0) is 0 Å². The van der Waals surface area contributed by atoms with E-state index in [9.17, 15) is 0 Å². The Morgan fingerprint density at radius 3 is 1.08 bits per heavy atom. The zero-order chi connectivity index (χ0) is 9.40. The summed E-state index contributed by atoms with van der Waals surface area (Å²) >= 11 is 0. The van der Waals surface area contributed by atoms with Crippen LogP contribution in [0.4, 0.5) is 0 Å². The van der Waals surface area contributed by atoms with Gasteiger partial charge in [0.05, 0.1) is 0 Å². The molecular weight excluding hydrogens is 184 g/mol. The van der Waals surface area contributed by atoms with E-state index >= 15 is 0 Å². The molecule has 0 radical (unpaired) electrons. The van der Waals surface area contributed by atoms with Gasteiger partial charge in [0.25, 0.3) is 0 Å². The smallest absolute Gasteiger partial charge is 0.0207 e. The Morgan fingerprint density at radius 2 is 0.923 bits per heavy atom. The van der Waals surface area contributed by atoms with E-state index in [0.717, 1.165) is 0 Å². The predicted octanol–water partition coefficient (Wildman–Crippen LogP) is 2.88. The van der Waals surface area contributed by atoms with Crippen molar-refractivity contribution in [2.24, 2.45) is 0 Å². The van der Waals surface area contributed by atoms with Crippen molar-refractivity contribution in [1.29, 1.82) is 0 Å². The lowest BCUT2D eigenvalue weighted by Crippen LogP contribution is -2.45. The van der Waals surface area contributed by atoms with Crippen LogP contribution in [0.25, 0.3) is 0 Å². The largest absolute Gasteiger partial charge is 0.255 e. The third-order valence-electron chi connectivity index (χ3n) is 2.46. The normalized spacial score (nSPS) is 10.6. The molecule has 0 bridgehead atoms. The van der Waals surface area contributed by atoms with Gasteiger partial charge >= 0.3 is 0 Å². The van der Waals surface area contributed by atoms with Gasteiger partial charge in [0.1, 0.15) is 0 Å². The van der Waals surface area contributed by atoms with Crippen molar-refractivity contribution in [3.05, 3.63) is 0 Å². The van der Waals surface area contributed by atoms with Crippen LogP contribution in [0, 0.1) is 0 Å². The molecule has 13 heavy (non-hydrogen) atoms. The average Bonchev–Trinajstić information content (AvgIpc) is 2.13. The first-order chi connectivity index (χ1) is 5.78. The Balaban J connectivity index is 0. The number of hydrogen-bond donors (Lipinski definition) is 2. The van der Waals surface area contributed by atoms with Gasteiger partial charge < -0.3 is 0 Å². The van der Waals surface area contributed by atoms with Crippen molar-refractivity contribution in [3.8, 4) is 0 Å². The van der Waals surface area contributed by atoms with Gasteiger partial charge in [-0.2, -0.15) is 0 Å². The molecule has 0 rings (SSSR count). The van der Waals surface area contributed by atoms with E-state index in [0.29, 0.717) is 12.1 Å². The van der Waals surface area contributed by atoms with E-state index in [-0.39, 0.29) is 12.4 Å². The third kappa shape index (κ3) is 7.29. The van der Waals surface area contributed by atoms with Crippen LogP contribution >= 0.6 is 12.4 Å². The lowest BCUT2D eigenvalue weighted by molar-refractivity contribution is 0.345. The van der Waals surface area contributed by atoms with Gasteiger partial charge in [-0.3, -0.25) is 10.9 Å². The first-order valence-electron chi connectivity index (χ1n) is 5.29. The fraction of sp³-hybridized carbons (Fsp3) is 1.00. The van der Waals surface area contributed by atoms with Crippen molar-refractivity contribution < 1.29 is 0 Å². The molecule has 0 aliphatic carbocycles. The Morgan fingerprint density at radius 1 is 0.692 bits per heavy atom. The second kappa shape index (κ2) is 10.3. The second-order valence-electron chi connectivity index (χ2n) is 3.32. The summed E-state index contributed by atoms with van der Waals surface area (Å²) < 4.78 is 0. The standard InChI is InChI=1S/C10H24N2.ClH/c1-5-9(6-2)11-12-10(7-3)8-4;/h9-12H,5-8H2,1-4H3;1H. The molecule has 0 fully saturated rings. The minimum atomic E-state index is 0. The molecule has 0 amide bonds. The quantitative estimate of drug-likeness (QED) is 0.629. The molecular formula is C10H25ClN2. The van der Waals surface area contributed by atoms with Gasteiger partial charge in [0, 0.05) is 12.1 Å². The molecule has 0 unspecified atom stereocenters. The van der Waals surface area contributed by atoms with Crippen molar-refractivity contribution in [2.45, 2.75) is 65.5 Å². The number of hydrogen-bond acceptors (Lipinski definition) is 2. The number of halogens is 1. The molecule has 3 heteroatoms. The molecule has 2 nitrogen and oxygen atoms in total. The summed E-state index contributed by atoms with van der Waals surface area (Å²) in [7, 11) is 0. The third-order valence-corrected chi connectivity index (χ3v) is 2.46. The highest BCUT2D eigenvalue weighted by atomic mass is 35.5. The summed E-state index contributed by atoms with van der Waals surface area (Å²) in [6.45, 7) is 8.87. The highest BCUT2D eigenvalue weighted by molar-refractivity contribution is 5.85. The highest BCUT2D eigenvalue weighted by Crippen LogP contribution is 1.97. The highest BCUT2D eigenvalue weighted by Gasteiger charge is 2.05. The van der Waals surface area contributed by atoms with E-state index in [4.69, 9.17) is 0 Å². The zero-order valence-electron chi connectivity index (χ0n) is 9.39. The first-order valence-corrected chi connectivity index (χ1v) is 5.29. The van der Waals surface area contributed by atoms with Crippen LogP contribution in [0.1, 0.15) is 53.4 Å². The molecule has 0 aromatic rings. The Hall–Kier alpha value is 0.210. The van der Waals surface area contributed by atoms with Crippen molar-refractivity contribution in [3.63, 3.8) is 0 Å². The summed E-state index contributed by atoms with van der Waals surface area (Å²) in [6, 6.07) is 1.26. The fourth-order valence-electron chi connectivity index (χ4n) is 1.22. The van der Waals surface area contributed by atoms with Crippen molar-refractivity contribution in [2.75, 3.05) is 0 Å². The van der Waals surface area contributed by atoms with E-state index in [2.05, 4.69) is 38.5 Å². The second-order valence-corrected chi connectivity index (χ2v) is 3.32. The molecule has 0 saturated heterocycles. The van der Waals surface area contributed by atoms with Gasteiger partial charge in [-0.15, -0.1) is 12.4 Å². The van der Waals surface area contributed by atoms with Crippen molar-refractivity contribution in [1.82, 2.24) is 10.9 Å². The van der Waals surface area contributed by atoms with E-state index in [1.54, 1.807) is 0 Å². The molecule has 0 aromatic heterocycles. The monoisotopic (exact) mass is 208 g/mol. The minimum absolute atomic E-state index is 0. The zero-order valence-corrected chi connectivity index (χ0v) is 10.2. The fourth-order valence-corrected chi connectivity index (χ4v) is 1.22. The lowest BCUT2D eigenvalue weighted by Gasteiger charge is -2.21. The molecule has 82 valence electrons. The summed E-state index contributed by atoms with van der Waals surface area (Å²) in [5.74, 6) is 0. The van der Waals surface area contributed by atoms with Crippen LogP contribution in [0.5, 0.6) is 0 Å². The molecule has 0 aliphatic heterocycles. The van der Waals surface area contributed by atoms with Crippen LogP contribution < -0.4 is 10.9 Å². The van der Waals surface area contributed by atoms with E-state index in [1.807, 2.05) is 0 Å². The van der Waals surface area contributed by atoms with Crippen LogP contribution in [0.3, 0.4) is 0 Å². The Kier molecular flexibility index (Phi) is 12.4. The van der Waals surface area contributed by atoms with Gasteiger partial charge in [0.2, 0.25) is 0 Å². The van der Waals surface area contributed by atoms with Gasteiger partial charge in [-0.05, 0) is 25.7 Å². The average molecular weight is 209 g/mol. The molecule has 0 atom stereocenters. The Bertz CT molecular complexity index is 78.9. The summed E-state index contributed by atoms with van der Waals surface area (Å²) in [4.78, 5) is 0. The number of rotatable bonds is 7. The number of nitrogens with one attached hydrogen (secondary N) is 2. The topological polar surface area (TPSA) is 24.1 Å². The lowest BCUT2D eigenvalue weighted by atomic mass is 10.2. The molecule has 0 aromatic carbocycles. The summed E-state index contributed by atoms with van der Waals surface area (Å²) in [6.07, 6.45) is 4.79. The Labute approximate surface area is 89.2 Å². The SMILES string of the molecule is CCC(CC)NNC(CC)CC.Cl. The summed E-state index contributed by atoms with van der Waals surface area (Å²) in [5, 5.41) is 0. The van der Waals surface area contributed by atoms with Gasteiger partial charge in [-0.1, -0.05) is 27.7 Å². The molecule has 2 N–H and O–H groups in total. The van der Waals surface area contributed by atoms with Crippen LogP contribution in [0.15, 0.2) is 0 Å². The van der Waals surface area contributed by atoms with E-state index in [1.165, 1.54) is 25.7 Å². The van der Waals surface area contributed by atoms with Crippen LogP contribution in [0.2, 0.25) is 0 Å². The van der Waals surface area contributed by atoms with Crippen LogP contribution in [-0.4, -0.2) is 12.1 Å². The predicted molar refractivity (Wildman–Crippen MR) is 62.3 cm³/mol. The summed E-state index contributed by atoms with van der Waals surface area (Å²) in [5.41, 5.74) is 6.74. The van der Waals surface area contributed by atoms with Gasteiger partial charge in [-0.25, -0.2) is 0 Å². The van der Waals surface area contributed by atoms with Gasteiger partial charge in [0.15, 0.2) is 0 Å². The van der Waals surface area contributed by atoms with Crippen molar-refractivity contribution >= 4 is 12.4 Å². The maximum atomic E-state index is 3.37. The minimum Gasteiger partial charge on any atom is -0.255 e. The van der Waals surface area contributed by atoms with E-state index < -0.39 is 0 Å².